The minimum absolute atomic E-state index is 0.394. The Balaban J connectivity index is 1.44. The molecule has 136 valence electrons. The van der Waals surface area contributed by atoms with Gasteiger partial charge in [0.1, 0.15) is 0 Å². The van der Waals surface area contributed by atoms with Crippen molar-refractivity contribution in [2.75, 3.05) is 23.7 Å². The van der Waals surface area contributed by atoms with Crippen LogP contribution >= 0.6 is 0 Å². The van der Waals surface area contributed by atoms with Crippen LogP contribution in [0.15, 0.2) is 65.3 Å². The van der Waals surface area contributed by atoms with Crippen molar-refractivity contribution in [2.45, 2.75) is 12.8 Å². The minimum atomic E-state index is 0.394. The Bertz CT molecular complexity index is 908. The summed E-state index contributed by atoms with van der Waals surface area (Å²) in [6.45, 7) is 1.48. The van der Waals surface area contributed by atoms with Gasteiger partial charge in [0.2, 0.25) is 11.3 Å². The standard InChI is InChI=1S/C20H20N6O/c1-3-7-15(8-4-1)11-13-21-17-18(24-20-19(23-17)25-27-26-20)22-14-12-16-9-5-2-6-10-16/h1-10H,11-14H2,(H,21,23,25)(H,22,24,26). The predicted octanol–water partition coefficient (Wildman–Crippen LogP) is 3.32. The van der Waals surface area contributed by atoms with Gasteiger partial charge in [0.05, 0.1) is 0 Å². The molecule has 7 nitrogen and oxygen atoms in total. The Morgan fingerprint density at radius 3 is 1.52 bits per heavy atom. The summed E-state index contributed by atoms with van der Waals surface area (Å²) in [5, 5.41) is 14.3. The molecule has 0 aliphatic carbocycles. The highest BCUT2D eigenvalue weighted by Gasteiger charge is 2.12. The van der Waals surface area contributed by atoms with Crippen LogP contribution in [0.4, 0.5) is 11.6 Å². The molecule has 2 aromatic carbocycles. The monoisotopic (exact) mass is 360 g/mol. The van der Waals surface area contributed by atoms with Gasteiger partial charge in [-0.25, -0.2) is 14.6 Å². The summed E-state index contributed by atoms with van der Waals surface area (Å²) < 4.78 is 4.74. The number of rotatable bonds is 8. The van der Waals surface area contributed by atoms with E-state index in [0.29, 0.717) is 22.9 Å². The molecule has 0 fully saturated rings. The molecule has 0 saturated carbocycles. The first-order valence-corrected chi connectivity index (χ1v) is 8.94. The average Bonchev–Trinajstić information content (AvgIpc) is 3.17. The van der Waals surface area contributed by atoms with E-state index in [1.165, 1.54) is 11.1 Å². The van der Waals surface area contributed by atoms with Crippen molar-refractivity contribution in [3.05, 3.63) is 71.8 Å². The van der Waals surface area contributed by atoms with Gasteiger partial charge in [0.15, 0.2) is 11.6 Å². The molecule has 0 radical (unpaired) electrons. The van der Waals surface area contributed by atoms with E-state index >= 15 is 0 Å². The van der Waals surface area contributed by atoms with Gasteiger partial charge in [-0.05, 0) is 34.3 Å². The van der Waals surface area contributed by atoms with Crippen LogP contribution in [-0.4, -0.2) is 33.4 Å². The lowest BCUT2D eigenvalue weighted by atomic mass is 10.1. The molecule has 0 spiro atoms. The normalized spacial score (nSPS) is 10.8. The summed E-state index contributed by atoms with van der Waals surface area (Å²) in [5.41, 5.74) is 3.32. The van der Waals surface area contributed by atoms with E-state index in [2.05, 4.69) is 55.2 Å². The van der Waals surface area contributed by atoms with Gasteiger partial charge >= 0.3 is 0 Å². The van der Waals surface area contributed by atoms with Crippen molar-refractivity contribution in [2.24, 2.45) is 0 Å². The first-order chi connectivity index (χ1) is 13.4. The summed E-state index contributed by atoms with van der Waals surface area (Å²) in [5.74, 6) is 1.31. The molecule has 0 atom stereocenters. The van der Waals surface area contributed by atoms with Crippen molar-refractivity contribution in [1.82, 2.24) is 20.3 Å². The summed E-state index contributed by atoms with van der Waals surface area (Å²) in [7, 11) is 0. The minimum Gasteiger partial charge on any atom is -0.367 e. The van der Waals surface area contributed by atoms with Crippen molar-refractivity contribution in [3.63, 3.8) is 0 Å². The molecule has 0 aliphatic heterocycles. The highest BCUT2D eigenvalue weighted by atomic mass is 16.6. The lowest BCUT2D eigenvalue weighted by Crippen LogP contribution is -2.13. The fourth-order valence-corrected chi connectivity index (χ4v) is 2.82. The van der Waals surface area contributed by atoms with E-state index in [0.717, 1.165) is 25.9 Å². The van der Waals surface area contributed by atoms with Crippen LogP contribution in [0.25, 0.3) is 11.3 Å². The third kappa shape index (κ3) is 4.38. The zero-order chi connectivity index (χ0) is 18.3. The van der Waals surface area contributed by atoms with Crippen molar-refractivity contribution < 1.29 is 4.63 Å². The quantitative estimate of drug-likeness (QED) is 0.498. The Morgan fingerprint density at radius 1 is 0.630 bits per heavy atom. The van der Waals surface area contributed by atoms with Crippen LogP contribution < -0.4 is 10.6 Å². The molecular formula is C20H20N6O. The Kier molecular flexibility index (Phi) is 5.19. The smallest absolute Gasteiger partial charge is 0.245 e. The number of anilines is 2. The first-order valence-electron chi connectivity index (χ1n) is 8.94. The Hall–Kier alpha value is -3.48. The van der Waals surface area contributed by atoms with Gasteiger partial charge in [0.25, 0.3) is 0 Å². The molecule has 0 aliphatic rings. The van der Waals surface area contributed by atoms with E-state index in [4.69, 9.17) is 4.63 Å². The van der Waals surface area contributed by atoms with Crippen molar-refractivity contribution in [3.8, 4) is 0 Å². The highest BCUT2D eigenvalue weighted by Crippen LogP contribution is 2.19. The van der Waals surface area contributed by atoms with E-state index in [1.807, 2.05) is 36.4 Å². The van der Waals surface area contributed by atoms with E-state index < -0.39 is 0 Å². The second-order valence-corrected chi connectivity index (χ2v) is 6.16. The number of fused-ring (bicyclic) bond motifs is 1. The fourth-order valence-electron chi connectivity index (χ4n) is 2.82. The van der Waals surface area contributed by atoms with Gasteiger partial charge in [0, 0.05) is 13.1 Å². The van der Waals surface area contributed by atoms with Gasteiger partial charge in [-0.2, -0.15) is 0 Å². The molecule has 27 heavy (non-hydrogen) atoms. The van der Waals surface area contributed by atoms with Crippen LogP contribution in [0.1, 0.15) is 11.1 Å². The maximum Gasteiger partial charge on any atom is 0.245 e. The molecule has 4 rings (SSSR count). The predicted molar refractivity (Wildman–Crippen MR) is 105 cm³/mol. The van der Waals surface area contributed by atoms with Gasteiger partial charge in [-0.1, -0.05) is 60.7 Å². The third-order valence-corrected chi connectivity index (χ3v) is 4.21. The maximum absolute atomic E-state index is 4.74. The molecule has 0 bridgehead atoms. The zero-order valence-corrected chi connectivity index (χ0v) is 14.8. The second-order valence-electron chi connectivity index (χ2n) is 6.16. The zero-order valence-electron chi connectivity index (χ0n) is 14.8. The van der Waals surface area contributed by atoms with Crippen LogP contribution in [0.5, 0.6) is 0 Å². The molecule has 4 aromatic rings. The van der Waals surface area contributed by atoms with Crippen molar-refractivity contribution >= 4 is 22.9 Å². The molecule has 2 aromatic heterocycles. The number of nitrogens with one attached hydrogen (secondary N) is 2. The molecule has 2 heterocycles. The lowest BCUT2D eigenvalue weighted by molar-refractivity contribution is 0.314. The van der Waals surface area contributed by atoms with Crippen molar-refractivity contribution in [1.29, 1.82) is 0 Å². The number of aromatic nitrogens is 4. The topological polar surface area (TPSA) is 88.8 Å². The number of nitrogens with zero attached hydrogens (tertiary/aromatic N) is 4. The summed E-state index contributed by atoms with van der Waals surface area (Å²) in [6.07, 6.45) is 1.78. The van der Waals surface area contributed by atoms with Crippen LogP contribution in [-0.2, 0) is 12.8 Å². The highest BCUT2D eigenvalue weighted by molar-refractivity contribution is 5.73. The third-order valence-electron chi connectivity index (χ3n) is 4.21. The van der Waals surface area contributed by atoms with Gasteiger partial charge in [-0.15, -0.1) is 0 Å². The summed E-state index contributed by atoms with van der Waals surface area (Å²) in [4.78, 5) is 8.98. The molecule has 7 heteroatoms. The Labute approximate surface area is 156 Å². The molecule has 0 unspecified atom stereocenters. The van der Waals surface area contributed by atoms with E-state index in [9.17, 15) is 0 Å². The largest absolute Gasteiger partial charge is 0.367 e. The SMILES string of the molecule is c1ccc(CCNc2nc3nonc3nc2NCCc2ccccc2)cc1. The second kappa shape index (κ2) is 8.27. The molecule has 0 amide bonds. The van der Waals surface area contributed by atoms with E-state index in [1.54, 1.807) is 0 Å². The van der Waals surface area contributed by atoms with E-state index in [-0.39, 0.29) is 0 Å². The molecule has 2 N–H and O–H groups in total. The van der Waals surface area contributed by atoms with Crippen LogP contribution in [0, 0.1) is 0 Å². The van der Waals surface area contributed by atoms with Crippen LogP contribution in [0.2, 0.25) is 0 Å². The summed E-state index contributed by atoms with van der Waals surface area (Å²) in [6, 6.07) is 20.6. The van der Waals surface area contributed by atoms with Crippen LogP contribution in [0.3, 0.4) is 0 Å². The first kappa shape index (κ1) is 17.0. The maximum atomic E-state index is 4.74. The molecule has 0 saturated heterocycles. The molecular weight excluding hydrogens is 340 g/mol. The van der Waals surface area contributed by atoms with Gasteiger partial charge in [-0.3, -0.25) is 0 Å². The lowest BCUT2D eigenvalue weighted by Gasteiger charge is -2.11. The average molecular weight is 360 g/mol. The number of hydrogen-bond acceptors (Lipinski definition) is 7. The number of hydrogen-bond donors (Lipinski definition) is 2. The van der Waals surface area contributed by atoms with Gasteiger partial charge < -0.3 is 10.6 Å². The summed E-state index contributed by atoms with van der Waals surface area (Å²) >= 11 is 0. The number of benzene rings is 2. The fraction of sp³-hybridized carbons (Fsp3) is 0.200. The Morgan fingerprint density at radius 2 is 1.07 bits per heavy atom.